The van der Waals surface area contributed by atoms with E-state index in [-0.39, 0.29) is 6.04 Å². The molecule has 0 aliphatic rings. The van der Waals surface area contributed by atoms with Gasteiger partial charge in [0.2, 0.25) is 0 Å². The lowest BCUT2D eigenvalue weighted by molar-refractivity contribution is 0.0635. The normalized spacial score (nSPS) is 14.2. The van der Waals surface area contributed by atoms with Crippen LogP contribution in [0.25, 0.3) is 0 Å². The van der Waals surface area contributed by atoms with Crippen molar-refractivity contribution in [3.8, 4) is 0 Å². The number of benzene rings is 2. The van der Waals surface area contributed by atoms with Crippen LogP contribution >= 0.6 is 0 Å². The predicted octanol–water partition coefficient (Wildman–Crippen LogP) is 6.30. The average molecular weight is 445 g/mol. The van der Waals surface area contributed by atoms with Crippen molar-refractivity contribution in [2.24, 2.45) is 0 Å². The second kappa shape index (κ2) is 9.96. The van der Waals surface area contributed by atoms with E-state index < -0.39 is 27.4 Å². The molecule has 0 bridgehead atoms. The molecule has 2 unspecified atom stereocenters. The lowest BCUT2D eigenvalue weighted by atomic mass is 9.95. The molecule has 2 aromatic rings. The Kier molecular flexibility index (Phi) is 8.06. The molecule has 2 aromatic carbocycles. The van der Waals surface area contributed by atoms with Crippen molar-refractivity contribution in [3.05, 3.63) is 65.2 Å². The summed E-state index contributed by atoms with van der Waals surface area (Å²) in [6.45, 7) is 15.6. The van der Waals surface area contributed by atoms with Gasteiger partial charge in [-0.25, -0.2) is 13.7 Å². The van der Waals surface area contributed by atoms with Crippen LogP contribution in [-0.2, 0) is 15.7 Å². The lowest BCUT2D eigenvalue weighted by Gasteiger charge is -2.27. The molecule has 1 amide bonds. The highest BCUT2D eigenvalue weighted by molar-refractivity contribution is 7.84. The molecule has 0 aromatic heterocycles. The van der Waals surface area contributed by atoms with E-state index >= 15 is 0 Å². The van der Waals surface area contributed by atoms with Gasteiger partial charge in [0.25, 0.3) is 0 Å². The number of carbonyl (C=O) groups excluding carboxylic acids is 1. The minimum atomic E-state index is -1.31. The summed E-state index contributed by atoms with van der Waals surface area (Å²) in [7, 11) is -1.31. The number of amides is 1. The summed E-state index contributed by atoms with van der Waals surface area (Å²) in [6.07, 6.45) is -0.522. The van der Waals surface area contributed by atoms with Gasteiger partial charge in [0.15, 0.2) is 0 Å². The molecule has 0 radical (unpaired) electrons. The molecule has 5 nitrogen and oxygen atoms in total. The van der Waals surface area contributed by atoms with Gasteiger partial charge in [-0.05, 0) is 70.2 Å². The van der Waals surface area contributed by atoms with Gasteiger partial charge in [0, 0.05) is 5.69 Å². The Morgan fingerprint density at radius 1 is 0.903 bits per heavy atom. The number of carbonyl (C=O) groups is 1. The summed E-state index contributed by atoms with van der Waals surface area (Å²) in [4.78, 5) is 12.4. The first-order valence-electron chi connectivity index (χ1n) is 10.6. The number of anilines is 1. The Bertz CT molecular complexity index is 910. The Labute approximate surface area is 189 Å². The van der Waals surface area contributed by atoms with Crippen molar-refractivity contribution in [3.63, 3.8) is 0 Å². The average Bonchev–Trinajstić information content (AvgIpc) is 2.64. The van der Waals surface area contributed by atoms with E-state index in [4.69, 9.17) is 4.74 Å². The lowest BCUT2D eigenvalue weighted by Crippen LogP contribution is -2.36. The van der Waals surface area contributed by atoms with Crippen molar-refractivity contribution >= 4 is 22.8 Å². The zero-order valence-electron chi connectivity index (χ0n) is 19.9. The number of rotatable bonds is 6. The van der Waals surface area contributed by atoms with Crippen molar-refractivity contribution < 1.29 is 13.7 Å². The van der Waals surface area contributed by atoms with E-state index in [1.54, 1.807) is 0 Å². The third-order valence-corrected chi connectivity index (χ3v) is 6.19. The smallest absolute Gasteiger partial charge is 0.412 e. The molecule has 6 heteroatoms. The molecule has 2 N–H and O–H groups in total. The molecule has 0 aliphatic heterocycles. The van der Waals surface area contributed by atoms with Crippen LogP contribution in [0.15, 0.2) is 48.5 Å². The van der Waals surface area contributed by atoms with Crippen LogP contribution < -0.4 is 10.0 Å². The minimum absolute atomic E-state index is 0.368. The number of ether oxygens (including phenoxy) is 1. The predicted molar refractivity (Wildman–Crippen MR) is 130 cm³/mol. The first-order chi connectivity index (χ1) is 14.3. The van der Waals surface area contributed by atoms with Crippen LogP contribution in [0.2, 0.25) is 0 Å². The number of hydrogen-bond acceptors (Lipinski definition) is 3. The molecule has 2 atom stereocenters. The summed E-state index contributed by atoms with van der Waals surface area (Å²) in [6, 6.07) is 15.5. The molecule has 0 saturated heterocycles. The molecule has 0 aliphatic carbocycles. The van der Waals surface area contributed by atoms with Gasteiger partial charge in [0.05, 0.1) is 21.8 Å². The summed E-state index contributed by atoms with van der Waals surface area (Å²) < 4.78 is 21.3. The van der Waals surface area contributed by atoms with Gasteiger partial charge in [-0.15, -0.1) is 0 Å². The summed E-state index contributed by atoms with van der Waals surface area (Å²) in [5.74, 6) is 0.422. The van der Waals surface area contributed by atoms with Crippen LogP contribution in [0.1, 0.15) is 84.0 Å². The SMILES string of the molecule is CC(C)c1ccc(C(NS(=O)C(C)(C)C)c2ccccc2NC(=O)OC(C)(C)C)cc1. The summed E-state index contributed by atoms with van der Waals surface area (Å²) >= 11 is 0. The Morgan fingerprint density at radius 3 is 1.97 bits per heavy atom. The maximum absolute atomic E-state index is 13.0. The molecular weight excluding hydrogens is 408 g/mol. The largest absolute Gasteiger partial charge is 0.444 e. The van der Waals surface area contributed by atoms with E-state index in [2.05, 4.69) is 48.2 Å². The third kappa shape index (κ3) is 7.47. The zero-order valence-corrected chi connectivity index (χ0v) is 20.7. The van der Waals surface area contributed by atoms with Crippen molar-refractivity contribution in [2.45, 2.75) is 77.7 Å². The highest BCUT2D eigenvalue weighted by atomic mass is 32.2. The van der Waals surface area contributed by atoms with Crippen LogP contribution in [-0.4, -0.2) is 20.7 Å². The highest BCUT2D eigenvalue weighted by Gasteiger charge is 2.27. The van der Waals surface area contributed by atoms with E-state index in [1.165, 1.54) is 5.56 Å². The maximum atomic E-state index is 13.0. The van der Waals surface area contributed by atoms with Crippen LogP contribution in [0.5, 0.6) is 0 Å². The van der Waals surface area contributed by atoms with Gasteiger partial charge in [0.1, 0.15) is 5.60 Å². The van der Waals surface area contributed by atoms with E-state index in [9.17, 15) is 9.00 Å². The first-order valence-corrected chi connectivity index (χ1v) is 11.8. The first kappa shape index (κ1) is 25.1. The van der Waals surface area contributed by atoms with Gasteiger partial charge in [-0.3, -0.25) is 5.32 Å². The zero-order chi connectivity index (χ0) is 23.4. The summed E-state index contributed by atoms with van der Waals surface area (Å²) in [5.41, 5.74) is 3.05. The molecule has 2 rings (SSSR count). The molecule has 0 fully saturated rings. The van der Waals surface area contributed by atoms with E-state index in [0.29, 0.717) is 11.6 Å². The fourth-order valence-corrected chi connectivity index (χ4v) is 3.78. The monoisotopic (exact) mass is 444 g/mol. The fraction of sp³-hybridized carbons (Fsp3) is 0.480. The number of para-hydroxylation sites is 1. The Morgan fingerprint density at radius 2 is 1.45 bits per heavy atom. The molecule has 0 spiro atoms. The van der Waals surface area contributed by atoms with Crippen LogP contribution in [0, 0.1) is 0 Å². The summed E-state index contributed by atoms with van der Waals surface area (Å²) in [5, 5.41) is 2.86. The van der Waals surface area contributed by atoms with Crippen molar-refractivity contribution in [1.82, 2.24) is 4.72 Å². The highest BCUT2D eigenvalue weighted by Crippen LogP contribution is 2.31. The minimum Gasteiger partial charge on any atom is -0.444 e. The van der Waals surface area contributed by atoms with Crippen LogP contribution in [0.3, 0.4) is 0 Å². The van der Waals surface area contributed by atoms with Crippen molar-refractivity contribution in [1.29, 1.82) is 0 Å². The fourth-order valence-electron chi connectivity index (χ4n) is 2.94. The standard InChI is InChI=1S/C25H36N2O3S/c1-17(2)18-13-15-19(16-14-18)22(27-31(29)25(6,7)8)20-11-9-10-12-21(20)26-23(28)30-24(3,4)5/h9-17,22,27H,1-8H3,(H,26,28). The third-order valence-electron chi connectivity index (χ3n) is 4.62. The molecular formula is C25H36N2O3S. The molecule has 31 heavy (non-hydrogen) atoms. The quantitative estimate of drug-likeness (QED) is 0.549. The Balaban J connectivity index is 2.46. The second-order valence-electron chi connectivity index (χ2n) is 9.97. The molecule has 0 heterocycles. The van der Waals surface area contributed by atoms with Gasteiger partial charge < -0.3 is 4.74 Å². The molecule has 0 saturated carbocycles. The van der Waals surface area contributed by atoms with Gasteiger partial charge in [-0.2, -0.15) is 0 Å². The molecule has 170 valence electrons. The van der Waals surface area contributed by atoms with Crippen LogP contribution in [0.4, 0.5) is 10.5 Å². The van der Waals surface area contributed by atoms with E-state index in [0.717, 1.165) is 11.1 Å². The second-order valence-corrected chi connectivity index (χ2v) is 12.0. The van der Waals surface area contributed by atoms with Gasteiger partial charge >= 0.3 is 6.09 Å². The topological polar surface area (TPSA) is 67.4 Å². The van der Waals surface area contributed by atoms with E-state index in [1.807, 2.05) is 65.8 Å². The van der Waals surface area contributed by atoms with Crippen molar-refractivity contribution in [2.75, 3.05) is 5.32 Å². The number of hydrogen-bond donors (Lipinski definition) is 2. The maximum Gasteiger partial charge on any atom is 0.412 e. The number of nitrogens with one attached hydrogen (secondary N) is 2. The Hall–Kier alpha value is -2.18. The van der Waals surface area contributed by atoms with Gasteiger partial charge in [-0.1, -0.05) is 56.3 Å².